The molecule has 0 heterocycles. The van der Waals surface area contributed by atoms with Gasteiger partial charge in [-0.05, 0) is 37.5 Å². The maximum absolute atomic E-state index is 10.5. The summed E-state index contributed by atoms with van der Waals surface area (Å²) in [7, 11) is 0. The van der Waals surface area contributed by atoms with Gasteiger partial charge in [-0.2, -0.15) is 0 Å². The Morgan fingerprint density at radius 1 is 1.14 bits per heavy atom. The molecule has 0 spiro atoms. The number of hydrogen-bond acceptors (Lipinski definition) is 2. The summed E-state index contributed by atoms with van der Waals surface area (Å²) in [6.45, 7) is 0. The minimum atomic E-state index is -0.833. The van der Waals surface area contributed by atoms with E-state index in [-0.39, 0.29) is 24.7 Å². The van der Waals surface area contributed by atoms with Crippen LogP contribution in [0, 0.1) is 18.3 Å². The first-order valence-electron chi connectivity index (χ1n) is 4.85. The Morgan fingerprint density at radius 3 is 2.29 bits per heavy atom. The summed E-state index contributed by atoms with van der Waals surface area (Å²) in [6.07, 6.45) is 4.72. The summed E-state index contributed by atoms with van der Waals surface area (Å²) >= 11 is 0. The Balaban J connectivity index is 2.49. The van der Waals surface area contributed by atoms with Crippen LogP contribution in [0.15, 0.2) is 0 Å². The van der Waals surface area contributed by atoms with Crippen LogP contribution in [0.2, 0.25) is 0 Å². The van der Waals surface area contributed by atoms with Crippen molar-refractivity contribution < 1.29 is 19.8 Å². The summed E-state index contributed by atoms with van der Waals surface area (Å²) in [4.78, 5) is 21.1. The average Bonchev–Trinajstić information content (AvgIpc) is 2.06. The molecule has 1 rings (SSSR count). The molecule has 0 amide bonds. The van der Waals surface area contributed by atoms with Gasteiger partial charge in [0.2, 0.25) is 0 Å². The molecule has 0 saturated heterocycles. The van der Waals surface area contributed by atoms with Crippen LogP contribution >= 0.6 is 0 Å². The monoisotopic (exact) mass is 199 g/mol. The van der Waals surface area contributed by atoms with E-state index in [2.05, 4.69) is 6.42 Å². The Kier molecular flexibility index (Phi) is 3.92. The van der Waals surface area contributed by atoms with E-state index in [4.69, 9.17) is 10.2 Å². The molecule has 0 aromatic heterocycles. The molecule has 14 heavy (non-hydrogen) atoms. The molecular weight excluding hydrogens is 184 g/mol. The Labute approximate surface area is 82.9 Å². The molecule has 4 nitrogen and oxygen atoms in total. The minimum Gasteiger partial charge on any atom is -0.481 e. The predicted molar refractivity (Wildman–Crippen MR) is 49.6 cm³/mol. The molecule has 1 saturated carbocycles. The summed E-state index contributed by atoms with van der Waals surface area (Å²) in [5.74, 6) is -1.61. The lowest BCUT2D eigenvalue weighted by Crippen LogP contribution is -2.24. The molecule has 1 aliphatic carbocycles. The van der Waals surface area contributed by atoms with Crippen molar-refractivity contribution in [2.75, 3.05) is 0 Å². The zero-order chi connectivity index (χ0) is 10.6. The van der Waals surface area contributed by atoms with E-state index in [1.807, 2.05) is 0 Å². The van der Waals surface area contributed by atoms with Gasteiger partial charge in [-0.15, -0.1) is 0 Å². The standard InChI is InChI=1S/C10H15O4/c11-9(12)5-7-3-1-2-4-8(7)6-10(13)14/h1,7-8H,2-6H2,(H,11,12)(H,13,14). The van der Waals surface area contributed by atoms with Gasteiger partial charge in [0, 0.05) is 12.8 Å². The molecule has 2 atom stereocenters. The van der Waals surface area contributed by atoms with Crippen LogP contribution in [0.3, 0.4) is 0 Å². The molecule has 1 radical (unpaired) electrons. The maximum Gasteiger partial charge on any atom is 0.303 e. The van der Waals surface area contributed by atoms with Crippen LogP contribution in [0.4, 0.5) is 0 Å². The van der Waals surface area contributed by atoms with Crippen LogP contribution in [-0.4, -0.2) is 22.2 Å². The number of carboxylic acids is 2. The van der Waals surface area contributed by atoms with E-state index >= 15 is 0 Å². The van der Waals surface area contributed by atoms with Gasteiger partial charge in [0.15, 0.2) is 0 Å². The van der Waals surface area contributed by atoms with E-state index in [0.29, 0.717) is 0 Å². The van der Waals surface area contributed by atoms with E-state index in [9.17, 15) is 9.59 Å². The van der Waals surface area contributed by atoms with Crippen LogP contribution in [0.25, 0.3) is 0 Å². The molecule has 2 N–H and O–H groups in total. The van der Waals surface area contributed by atoms with Gasteiger partial charge in [0.25, 0.3) is 0 Å². The molecule has 1 fully saturated rings. The first-order valence-corrected chi connectivity index (χ1v) is 4.85. The highest BCUT2D eigenvalue weighted by Crippen LogP contribution is 2.33. The van der Waals surface area contributed by atoms with Crippen LogP contribution in [0.5, 0.6) is 0 Å². The number of carboxylic acid groups (broad SMARTS) is 2. The molecule has 2 unspecified atom stereocenters. The van der Waals surface area contributed by atoms with Crippen molar-refractivity contribution in [1.82, 2.24) is 0 Å². The van der Waals surface area contributed by atoms with Gasteiger partial charge in [-0.25, -0.2) is 0 Å². The van der Waals surface area contributed by atoms with Crippen molar-refractivity contribution in [3.05, 3.63) is 6.42 Å². The third-order valence-corrected chi connectivity index (χ3v) is 2.75. The highest BCUT2D eigenvalue weighted by atomic mass is 16.4. The van der Waals surface area contributed by atoms with Crippen molar-refractivity contribution >= 4 is 11.9 Å². The fraction of sp³-hybridized carbons (Fsp3) is 0.700. The van der Waals surface area contributed by atoms with Crippen molar-refractivity contribution in [3.8, 4) is 0 Å². The second-order valence-electron chi connectivity index (χ2n) is 3.82. The third kappa shape index (κ3) is 3.36. The lowest BCUT2D eigenvalue weighted by Gasteiger charge is -2.29. The fourth-order valence-corrected chi connectivity index (χ4v) is 2.06. The SMILES string of the molecule is O=C(O)CC1C[CH]CCC1CC(=O)O. The minimum absolute atomic E-state index is 0.0114. The predicted octanol–water partition coefficient (Wildman–Crippen LogP) is 1.56. The van der Waals surface area contributed by atoms with Crippen molar-refractivity contribution in [2.24, 2.45) is 11.8 Å². The summed E-state index contributed by atoms with van der Waals surface area (Å²) < 4.78 is 0. The number of carbonyl (C=O) groups is 2. The van der Waals surface area contributed by atoms with Gasteiger partial charge < -0.3 is 10.2 Å². The average molecular weight is 199 g/mol. The van der Waals surface area contributed by atoms with Crippen LogP contribution < -0.4 is 0 Å². The third-order valence-electron chi connectivity index (χ3n) is 2.75. The summed E-state index contributed by atoms with van der Waals surface area (Å²) in [5, 5.41) is 17.3. The van der Waals surface area contributed by atoms with Crippen LogP contribution in [0.1, 0.15) is 32.1 Å². The molecule has 1 aliphatic rings. The first-order chi connectivity index (χ1) is 6.59. The zero-order valence-corrected chi connectivity index (χ0v) is 7.98. The molecular formula is C10H15O4. The lowest BCUT2D eigenvalue weighted by molar-refractivity contribution is -0.142. The van der Waals surface area contributed by atoms with E-state index in [1.165, 1.54) is 0 Å². The van der Waals surface area contributed by atoms with Crippen molar-refractivity contribution in [2.45, 2.75) is 32.1 Å². The Bertz CT molecular complexity index is 200. The number of hydrogen-bond donors (Lipinski definition) is 2. The second kappa shape index (κ2) is 4.98. The molecule has 0 aliphatic heterocycles. The van der Waals surface area contributed by atoms with E-state index in [0.717, 1.165) is 19.3 Å². The topological polar surface area (TPSA) is 74.6 Å². The summed E-state index contributed by atoms with van der Waals surface area (Å²) in [5.41, 5.74) is 0. The lowest BCUT2D eigenvalue weighted by atomic mass is 9.76. The molecule has 4 heteroatoms. The van der Waals surface area contributed by atoms with Gasteiger partial charge >= 0.3 is 11.9 Å². The highest BCUT2D eigenvalue weighted by Gasteiger charge is 2.28. The Morgan fingerprint density at radius 2 is 1.71 bits per heavy atom. The zero-order valence-electron chi connectivity index (χ0n) is 7.98. The highest BCUT2D eigenvalue weighted by molar-refractivity contribution is 5.68. The van der Waals surface area contributed by atoms with E-state index in [1.54, 1.807) is 0 Å². The molecule has 0 bridgehead atoms. The molecule has 0 aromatic rings. The van der Waals surface area contributed by atoms with Gasteiger partial charge in [-0.1, -0.05) is 0 Å². The van der Waals surface area contributed by atoms with Gasteiger partial charge in [0.05, 0.1) is 0 Å². The van der Waals surface area contributed by atoms with E-state index < -0.39 is 11.9 Å². The first kappa shape index (κ1) is 11.0. The summed E-state index contributed by atoms with van der Waals surface area (Å²) in [6, 6.07) is 0. The largest absolute Gasteiger partial charge is 0.481 e. The smallest absolute Gasteiger partial charge is 0.303 e. The Hall–Kier alpha value is -1.06. The van der Waals surface area contributed by atoms with Crippen LogP contribution in [-0.2, 0) is 9.59 Å². The number of rotatable bonds is 4. The number of aliphatic carboxylic acids is 2. The van der Waals surface area contributed by atoms with Crippen molar-refractivity contribution in [1.29, 1.82) is 0 Å². The van der Waals surface area contributed by atoms with Gasteiger partial charge in [-0.3, -0.25) is 9.59 Å². The van der Waals surface area contributed by atoms with Crippen molar-refractivity contribution in [3.63, 3.8) is 0 Å². The normalized spacial score (nSPS) is 27.1. The second-order valence-corrected chi connectivity index (χ2v) is 3.82. The molecule has 79 valence electrons. The van der Waals surface area contributed by atoms with Gasteiger partial charge in [0.1, 0.15) is 0 Å². The quantitative estimate of drug-likeness (QED) is 0.720. The molecule has 0 aromatic carbocycles. The maximum atomic E-state index is 10.5. The fourth-order valence-electron chi connectivity index (χ4n) is 2.06.